The predicted octanol–water partition coefficient (Wildman–Crippen LogP) is 4.89. The van der Waals surface area contributed by atoms with Crippen molar-refractivity contribution in [1.82, 2.24) is 4.98 Å². The molecule has 2 unspecified atom stereocenters. The summed E-state index contributed by atoms with van der Waals surface area (Å²) in [6, 6.07) is 11.8. The second-order valence-electron chi connectivity index (χ2n) is 9.03. The highest BCUT2D eigenvalue weighted by Crippen LogP contribution is 2.41. The molecule has 3 N–H and O–H groups in total. The van der Waals surface area contributed by atoms with E-state index in [9.17, 15) is 14.7 Å². The van der Waals surface area contributed by atoms with E-state index in [2.05, 4.69) is 11.1 Å². The normalized spacial score (nSPS) is 19.8. The number of carbonyl (C=O) groups excluding carboxylic acids is 1. The number of carboxylic acid groups (broad SMARTS) is 1. The molecule has 0 saturated carbocycles. The Balaban J connectivity index is 1.66. The molecule has 4 rings (SSSR count). The number of amides is 1. The number of hydrogen-bond acceptors (Lipinski definition) is 6. The molecule has 2 aromatic carbocycles. The maximum Gasteiger partial charge on any atom is 0.303 e. The molecule has 2 heterocycles. The summed E-state index contributed by atoms with van der Waals surface area (Å²) in [6.45, 7) is 4.09. The predicted molar refractivity (Wildman–Crippen MR) is 133 cm³/mol. The number of aromatic nitrogens is 1. The highest BCUT2D eigenvalue weighted by molar-refractivity contribution is 6.30. The van der Waals surface area contributed by atoms with Crippen molar-refractivity contribution in [2.45, 2.75) is 57.8 Å². The minimum Gasteiger partial charge on any atom is -0.481 e. The molecular weight excluding hydrogens is 484 g/mol. The molecule has 1 fully saturated rings. The van der Waals surface area contributed by atoms with Crippen LogP contribution in [0.1, 0.15) is 70.1 Å². The summed E-state index contributed by atoms with van der Waals surface area (Å²) < 4.78 is 17.8. The van der Waals surface area contributed by atoms with Crippen molar-refractivity contribution in [3.8, 4) is 0 Å². The molecule has 1 amide bonds. The standard InChI is InChI=1S/C27H29ClN2O6/c1-16-18(9-12-23(31)32)7-8-19(6-3-17-4-10-20(28)11-5-17)24(16)22-13-14-35-27(2,36-22)26-30-21(15-34-26)25(29)33/h4-5,7-8,10-11,15,22H,3,6,9,12-14H2,1-2H3,(H2,29,33)(H,31,32). The molecule has 1 saturated heterocycles. The van der Waals surface area contributed by atoms with Crippen molar-refractivity contribution in [2.24, 2.45) is 5.73 Å². The van der Waals surface area contributed by atoms with Gasteiger partial charge in [0.1, 0.15) is 6.26 Å². The molecule has 0 aliphatic carbocycles. The maximum absolute atomic E-state index is 11.5. The van der Waals surface area contributed by atoms with Crippen LogP contribution in [0.5, 0.6) is 0 Å². The number of carboxylic acids is 1. The monoisotopic (exact) mass is 512 g/mol. The smallest absolute Gasteiger partial charge is 0.303 e. The molecular formula is C27H29ClN2O6. The zero-order chi connectivity index (χ0) is 25.9. The van der Waals surface area contributed by atoms with Crippen molar-refractivity contribution in [3.05, 3.63) is 87.1 Å². The lowest BCUT2D eigenvalue weighted by Crippen LogP contribution is -2.37. The van der Waals surface area contributed by atoms with Gasteiger partial charge >= 0.3 is 5.97 Å². The van der Waals surface area contributed by atoms with Gasteiger partial charge in [-0.05, 0) is 73.1 Å². The van der Waals surface area contributed by atoms with Gasteiger partial charge in [-0.1, -0.05) is 35.9 Å². The van der Waals surface area contributed by atoms with Gasteiger partial charge in [0.05, 0.1) is 12.7 Å². The van der Waals surface area contributed by atoms with Gasteiger partial charge in [-0.3, -0.25) is 9.59 Å². The first-order valence-corrected chi connectivity index (χ1v) is 12.2. The fraction of sp³-hybridized carbons (Fsp3) is 0.370. The van der Waals surface area contributed by atoms with E-state index in [0.717, 1.165) is 40.7 Å². The summed E-state index contributed by atoms with van der Waals surface area (Å²) in [5, 5.41) is 9.90. The number of primary amides is 1. The van der Waals surface area contributed by atoms with Gasteiger partial charge < -0.3 is 24.7 Å². The second-order valence-corrected chi connectivity index (χ2v) is 9.47. The van der Waals surface area contributed by atoms with Crippen molar-refractivity contribution in [2.75, 3.05) is 6.61 Å². The van der Waals surface area contributed by atoms with Crippen LogP contribution in [-0.2, 0) is 39.3 Å². The molecule has 2 atom stereocenters. The average Bonchev–Trinajstić information content (AvgIpc) is 3.35. The van der Waals surface area contributed by atoms with Crippen LogP contribution in [0.4, 0.5) is 0 Å². The lowest BCUT2D eigenvalue weighted by molar-refractivity contribution is -0.305. The maximum atomic E-state index is 11.5. The van der Waals surface area contributed by atoms with E-state index in [1.807, 2.05) is 37.3 Å². The third kappa shape index (κ3) is 5.78. The minimum atomic E-state index is -1.31. The van der Waals surface area contributed by atoms with Crippen molar-refractivity contribution < 1.29 is 28.6 Å². The van der Waals surface area contributed by atoms with Crippen LogP contribution >= 0.6 is 11.6 Å². The summed E-state index contributed by atoms with van der Waals surface area (Å²) in [5.74, 6) is -2.74. The number of hydrogen-bond donors (Lipinski definition) is 2. The number of carbonyl (C=O) groups is 2. The Morgan fingerprint density at radius 2 is 1.86 bits per heavy atom. The number of nitrogens with two attached hydrogens (primary N) is 1. The Labute approximate surface area is 214 Å². The fourth-order valence-corrected chi connectivity index (χ4v) is 4.70. The van der Waals surface area contributed by atoms with Crippen LogP contribution in [0, 0.1) is 6.92 Å². The number of benzene rings is 2. The highest BCUT2D eigenvalue weighted by Gasteiger charge is 2.42. The van der Waals surface area contributed by atoms with E-state index < -0.39 is 17.7 Å². The number of rotatable bonds is 9. The molecule has 0 spiro atoms. The van der Waals surface area contributed by atoms with Gasteiger partial charge in [-0.2, -0.15) is 0 Å². The van der Waals surface area contributed by atoms with E-state index in [0.29, 0.717) is 24.5 Å². The van der Waals surface area contributed by atoms with Gasteiger partial charge in [-0.15, -0.1) is 0 Å². The molecule has 36 heavy (non-hydrogen) atoms. The van der Waals surface area contributed by atoms with Crippen LogP contribution in [0.25, 0.3) is 0 Å². The first kappa shape index (κ1) is 25.9. The third-order valence-electron chi connectivity index (χ3n) is 6.51. The van der Waals surface area contributed by atoms with Gasteiger partial charge in [0.25, 0.3) is 11.8 Å². The Kier molecular flexibility index (Phi) is 7.78. The lowest BCUT2D eigenvalue weighted by atomic mass is 9.87. The SMILES string of the molecule is Cc1c(CCC(=O)O)ccc(CCc2ccc(Cl)cc2)c1C1CCOC(C)(c2nc(C(N)=O)co2)O1. The van der Waals surface area contributed by atoms with Gasteiger partial charge in [0, 0.05) is 17.9 Å². The number of ether oxygens (including phenoxy) is 2. The minimum absolute atomic E-state index is 0.00366. The van der Waals surface area contributed by atoms with Crippen LogP contribution in [0.3, 0.4) is 0 Å². The summed E-state index contributed by atoms with van der Waals surface area (Å²) >= 11 is 6.03. The van der Waals surface area contributed by atoms with E-state index in [4.69, 9.17) is 31.2 Å². The quantitative estimate of drug-likeness (QED) is 0.418. The Bertz CT molecular complexity index is 1260. The molecule has 1 aliphatic heterocycles. The van der Waals surface area contributed by atoms with E-state index in [1.54, 1.807) is 6.92 Å². The molecule has 9 heteroatoms. The van der Waals surface area contributed by atoms with E-state index in [-0.39, 0.29) is 24.1 Å². The first-order chi connectivity index (χ1) is 17.2. The molecule has 8 nitrogen and oxygen atoms in total. The highest BCUT2D eigenvalue weighted by atomic mass is 35.5. The number of oxazole rings is 1. The molecule has 3 aromatic rings. The average molecular weight is 513 g/mol. The van der Waals surface area contributed by atoms with Crippen molar-refractivity contribution in [3.63, 3.8) is 0 Å². The fourth-order valence-electron chi connectivity index (χ4n) is 4.57. The first-order valence-electron chi connectivity index (χ1n) is 11.8. The number of nitrogens with zero attached hydrogens (tertiary/aromatic N) is 1. The van der Waals surface area contributed by atoms with Crippen LogP contribution in [0.15, 0.2) is 47.1 Å². The van der Waals surface area contributed by atoms with Gasteiger partial charge in [-0.25, -0.2) is 4.98 Å². The second kappa shape index (κ2) is 10.8. The molecule has 190 valence electrons. The van der Waals surface area contributed by atoms with Crippen LogP contribution in [-0.4, -0.2) is 28.6 Å². The van der Waals surface area contributed by atoms with Gasteiger partial charge in [0.2, 0.25) is 5.79 Å². The summed E-state index contributed by atoms with van der Waals surface area (Å²) in [6.07, 6.45) is 3.47. The van der Waals surface area contributed by atoms with Gasteiger partial charge in [0.15, 0.2) is 5.69 Å². The molecule has 1 aliphatic rings. The largest absolute Gasteiger partial charge is 0.481 e. The third-order valence-corrected chi connectivity index (χ3v) is 6.77. The van der Waals surface area contributed by atoms with Crippen LogP contribution in [0.2, 0.25) is 5.02 Å². The summed E-state index contributed by atoms with van der Waals surface area (Å²) in [7, 11) is 0. The zero-order valence-electron chi connectivity index (χ0n) is 20.3. The Hall–Kier alpha value is -3.20. The summed E-state index contributed by atoms with van der Waals surface area (Å²) in [4.78, 5) is 26.9. The van der Waals surface area contributed by atoms with E-state index in [1.165, 1.54) is 6.26 Å². The van der Waals surface area contributed by atoms with Crippen molar-refractivity contribution >= 4 is 23.5 Å². The number of aliphatic carboxylic acids is 1. The van der Waals surface area contributed by atoms with Crippen LogP contribution < -0.4 is 5.73 Å². The lowest BCUT2D eigenvalue weighted by Gasteiger charge is -2.38. The van der Waals surface area contributed by atoms with E-state index >= 15 is 0 Å². The zero-order valence-corrected chi connectivity index (χ0v) is 21.0. The number of halogens is 1. The number of aryl methyl sites for hydroxylation is 3. The topological polar surface area (TPSA) is 125 Å². The molecule has 1 aromatic heterocycles. The molecule has 0 bridgehead atoms. The summed E-state index contributed by atoms with van der Waals surface area (Å²) in [5.41, 5.74) is 10.6. The Morgan fingerprint density at radius 3 is 2.53 bits per heavy atom. The molecule has 0 radical (unpaired) electrons. The van der Waals surface area contributed by atoms with Crippen molar-refractivity contribution in [1.29, 1.82) is 0 Å². The Morgan fingerprint density at radius 1 is 1.14 bits per heavy atom.